The third kappa shape index (κ3) is 3.21. The zero-order valence-corrected chi connectivity index (χ0v) is 15.5. The van der Waals surface area contributed by atoms with Gasteiger partial charge >= 0.3 is 0 Å². The molecule has 1 aromatic carbocycles. The maximum absolute atomic E-state index is 6.26. The van der Waals surface area contributed by atoms with Crippen LogP contribution in [0.2, 0.25) is 0 Å². The molecule has 5 heteroatoms. The molecule has 0 saturated carbocycles. The van der Waals surface area contributed by atoms with Crippen LogP contribution in [0.4, 0.5) is 0 Å². The first kappa shape index (κ1) is 16.3. The van der Waals surface area contributed by atoms with Crippen LogP contribution in [-0.2, 0) is 12.8 Å². The lowest BCUT2D eigenvalue weighted by Gasteiger charge is -2.14. The van der Waals surface area contributed by atoms with Gasteiger partial charge in [-0.1, -0.05) is 19.1 Å². The van der Waals surface area contributed by atoms with Crippen molar-refractivity contribution in [1.29, 1.82) is 0 Å². The summed E-state index contributed by atoms with van der Waals surface area (Å²) in [6.07, 6.45) is 5.68. The summed E-state index contributed by atoms with van der Waals surface area (Å²) in [6, 6.07) is 7.81. The van der Waals surface area contributed by atoms with E-state index in [4.69, 9.17) is 9.47 Å². The molecule has 130 valence electrons. The molecule has 0 atom stereocenters. The molecular formula is C20H22N2O2S. The van der Waals surface area contributed by atoms with Crippen molar-refractivity contribution in [1.82, 2.24) is 9.97 Å². The summed E-state index contributed by atoms with van der Waals surface area (Å²) in [5, 5.41) is 1.09. The van der Waals surface area contributed by atoms with Gasteiger partial charge in [-0.25, -0.2) is 4.98 Å². The van der Waals surface area contributed by atoms with Gasteiger partial charge in [0, 0.05) is 4.88 Å². The lowest BCUT2D eigenvalue weighted by molar-refractivity contribution is 0.301. The smallest absolute Gasteiger partial charge is 0.231 e. The number of fused-ring (bicyclic) bond motifs is 3. The predicted molar refractivity (Wildman–Crippen MR) is 101 cm³/mol. The van der Waals surface area contributed by atoms with Gasteiger partial charge < -0.3 is 9.47 Å². The van der Waals surface area contributed by atoms with Crippen molar-refractivity contribution in [3.05, 3.63) is 40.5 Å². The molecule has 1 aliphatic carbocycles. The van der Waals surface area contributed by atoms with Crippen LogP contribution in [0.3, 0.4) is 0 Å². The Morgan fingerprint density at radius 3 is 2.72 bits per heavy atom. The van der Waals surface area contributed by atoms with Crippen LogP contribution in [0, 0.1) is 6.92 Å². The second kappa shape index (κ2) is 7.00. The standard InChI is InChI=1S/C20H22N2O2S/c1-3-12-23-15-9-5-6-10-16(15)24-19-18-14-8-4-7-11-17(14)25-20(18)22-13(2)21-19/h5-6,9-10H,3-4,7-8,11-12H2,1-2H3. The van der Waals surface area contributed by atoms with Gasteiger partial charge in [-0.05, 0) is 56.7 Å². The van der Waals surface area contributed by atoms with E-state index in [0.29, 0.717) is 18.2 Å². The van der Waals surface area contributed by atoms with Crippen molar-refractivity contribution in [2.45, 2.75) is 46.0 Å². The van der Waals surface area contributed by atoms with E-state index in [0.717, 1.165) is 41.1 Å². The molecule has 0 spiro atoms. The molecule has 0 unspecified atom stereocenters. The molecule has 3 aromatic rings. The molecule has 2 heterocycles. The van der Waals surface area contributed by atoms with Crippen LogP contribution < -0.4 is 9.47 Å². The van der Waals surface area contributed by atoms with E-state index in [-0.39, 0.29) is 0 Å². The Morgan fingerprint density at radius 2 is 1.88 bits per heavy atom. The highest BCUT2D eigenvalue weighted by molar-refractivity contribution is 7.18. The van der Waals surface area contributed by atoms with Crippen LogP contribution in [0.15, 0.2) is 24.3 Å². The quantitative estimate of drug-likeness (QED) is 0.610. The first-order chi connectivity index (χ1) is 12.3. The number of aromatic nitrogens is 2. The highest BCUT2D eigenvalue weighted by Gasteiger charge is 2.22. The average molecular weight is 354 g/mol. The number of hydrogen-bond donors (Lipinski definition) is 0. The molecule has 2 aromatic heterocycles. The topological polar surface area (TPSA) is 44.2 Å². The van der Waals surface area contributed by atoms with Crippen LogP contribution in [0.5, 0.6) is 17.4 Å². The van der Waals surface area contributed by atoms with Gasteiger partial charge in [0.05, 0.1) is 12.0 Å². The minimum absolute atomic E-state index is 0.662. The number of aryl methyl sites for hydroxylation is 3. The number of ether oxygens (including phenoxy) is 2. The van der Waals surface area contributed by atoms with Gasteiger partial charge in [-0.3, -0.25) is 0 Å². The van der Waals surface area contributed by atoms with Gasteiger partial charge in [-0.15, -0.1) is 11.3 Å². The maximum atomic E-state index is 6.26. The Balaban J connectivity index is 1.78. The largest absolute Gasteiger partial charge is 0.490 e. The number of rotatable bonds is 5. The SMILES string of the molecule is CCCOc1ccccc1Oc1nc(C)nc2sc3c(c12)CCCC3. The van der Waals surface area contributed by atoms with Crippen LogP contribution >= 0.6 is 11.3 Å². The fraction of sp³-hybridized carbons (Fsp3) is 0.400. The number of nitrogens with zero attached hydrogens (tertiary/aromatic N) is 2. The van der Waals surface area contributed by atoms with Gasteiger partial charge in [-0.2, -0.15) is 4.98 Å². The number of hydrogen-bond acceptors (Lipinski definition) is 5. The molecule has 0 radical (unpaired) electrons. The Bertz CT molecular complexity index is 904. The summed E-state index contributed by atoms with van der Waals surface area (Å²) in [4.78, 5) is 11.8. The summed E-state index contributed by atoms with van der Waals surface area (Å²) >= 11 is 1.79. The number of para-hydroxylation sites is 2. The van der Waals surface area contributed by atoms with E-state index in [9.17, 15) is 0 Å². The first-order valence-corrected chi connectivity index (χ1v) is 9.76. The fourth-order valence-electron chi connectivity index (χ4n) is 3.27. The molecule has 0 fully saturated rings. The van der Waals surface area contributed by atoms with Crippen molar-refractivity contribution in [2.24, 2.45) is 0 Å². The highest BCUT2D eigenvalue weighted by atomic mass is 32.1. The van der Waals surface area contributed by atoms with Crippen molar-refractivity contribution >= 4 is 21.6 Å². The Hall–Kier alpha value is -2.14. The number of thiophene rings is 1. The van der Waals surface area contributed by atoms with Crippen molar-refractivity contribution < 1.29 is 9.47 Å². The molecule has 4 rings (SSSR count). The van der Waals surface area contributed by atoms with Crippen molar-refractivity contribution in [2.75, 3.05) is 6.61 Å². The van der Waals surface area contributed by atoms with Crippen LogP contribution in [0.1, 0.15) is 42.5 Å². The monoisotopic (exact) mass is 354 g/mol. The van der Waals surface area contributed by atoms with Gasteiger partial charge in [0.2, 0.25) is 5.88 Å². The minimum Gasteiger partial charge on any atom is -0.490 e. The third-order valence-electron chi connectivity index (χ3n) is 4.41. The summed E-state index contributed by atoms with van der Waals surface area (Å²) in [6.45, 7) is 4.69. The van der Waals surface area contributed by atoms with Gasteiger partial charge in [0.1, 0.15) is 10.7 Å². The Kier molecular flexibility index (Phi) is 4.57. The molecule has 0 amide bonds. The number of benzene rings is 1. The predicted octanol–water partition coefficient (Wildman–Crippen LogP) is 5.46. The summed E-state index contributed by atoms with van der Waals surface area (Å²) in [5.41, 5.74) is 1.38. The third-order valence-corrected chi connectivity index (χ3v) is 5.60. The maximum Gasteiger partial charge on any atom is 0.231 e. The molecule has 1 aliphatic rings. The van der Waals surface area contributed by atoms with E-state index >= 15 is 0 Å². The lowest BCUT2D eigenvalue weighted by Crippen LogP contribution is -2.01. The fourth-order valence-corrected chi connectivity index (χ4v) is 4.57. The molecule has 4 nitrogen and oxygen atoms in total. The Labute approximate surface area is 151 Å². The molecule has 0 N–H and O–H groups in total. The van der Waals surface area contributed by atoms with Gasteiger partial charge in [0.25, 0.3) is 0 Å². The van der Waals surface area contributed by atoms with E-state index in [1.807, 2.05) is 31.2 Å². The van der Waals surface area contributed by atoms with E-state index in [2.05, 4.69) is 16.9 Å². The Morgan fingerprint density at radius 1 is 1.08 bits per heavy atom. The highest BCUT2D eigenvalue weighted by Crippen LogP contribution is 2.41. The van der Waals surface area contributed by atoms with Crippen molar-refractivity contribution in [3.8, 4) is 17.4 Å². The second-order valence-corrected chi connectivity index (χ2v) is 7.45. The molecule has 0 saturated heterocycles. The van der Waals surface area contributed by atoms with E-state index in [1.54, 1.807) is 11.3 Å². The van der Waals surface area contributed by atoms with Gasteiger partial charge in [0.15, 0.2) is 11.5 Å². The summed E-state index contributed by atoms with van der Waals surface area (Å²) in [7, 11) is 0. The zero-order chi connectivity index (χ0) is 17.2. The van der Waals surface area contributed by atoms with Crippen LogP contribution in [-0.4, -0.2) is 16.6 Å². The average Bonchev–Trinajstić information content (AvgIpc) is 2.99. The zero-order valence-electron chi connectivity index (χ0n) is 14.7. The molecular weight excluding hydrogens is 332 g/mol. The van der Waals surface area contributed by atoms with E-state index < -0.39 is 0 Å². The minimum atomic E-state index is 0.662. The van der Waals surface area contributed by atoms with E-state index in [1.165, 1.54) is 23.3 Å². The molecule has 0 bridgehead atoms. The normalized spacial score (nSPS) is 13.7. The summed E-state index contributed by atoms with van der Waals surface area (Å²) < 4.78 is 12.1. The molecule has 25 heavy (non-hydrogen) atoms. The molecule has 0 aliphatic heterocycles. The first-order valence-electron chi connectivity index (χ1n) is 8.95. The lowest BCUT2D eigenvalue weighted by atomic mass is 9.97. The van der Waals surface area contributed by atoms with Crippen molar-refractivity contribution in [3.63, 3.8) is 0 Å². The second-order valence-electron chi connectivity index (χ2n) is 6.36. The summed E-state index contributed by atoms with van der Waals surface area (Å²) in [5.74, 6) is 2.88. The van der Waals surface area contributed by atoms with Crippen LogP contribution in [0.25, 0.3) is 10.2 Å².